The zero-order valence-corrected chi connectivity index (χ0v) is 10.5. The Morgan fingerprint density at radius 2 is 2.20 bits per heavy atom. The van der Waals surface area contributed by atoms with Crippen LogP contribution >= 0.6 is 15.9 Å². The van der Waals surface area contributed by atoms with Crippen LogP contribution in [0.1, 0.15) is 25.3 Å². The Morgan fingerprint density at radius 1 is 1.47 bits per heavy atom. The molecule has 0 amide bonds. The van der Waals surface area contributed by atoms with Crippen LogP contribution in [0.3, 0.4) is 0 Å². The van der Waals surface area contributed by atoms with Crippen LogP contribution in [-0.2, 0) is 0 Å². The van der Waals surface area contributed by atoms with Crippen molar-refractivity contribution in [2.24, 2.45) is 0 Å². The van der Waals surface area contributed by atoms with Crippen molar-refractivity contribution in [1.82, 2.24) is 5.32 Å². The molecule has 2 heteroatoms. The van der Waals surface area contributed by atoms with Crippen molar-refractivity contribution in [2.45, 2.75) is 25.8 Å². The van der Waals surface area contributed by atoms with Crippen LogP contribution in [0.15, 0.2) is 34.3 Å². The minimum Gasteiger partial charge on any atom is -0.310 e. The monoisotopic (exact) mass is 265 g/mol. The summed E-state index contributed by atoms with van der Waals surface area (Å²) in [5, 5.41) is 3.51. The molecule has 1 saturated carbocycles. The van der Waals surface area contributed by atoms with Crippen molar-refractivity contribution in [3.63, 3.8) is 0 Å². The van der Waals surface area contributed by atoms with Crippen molar-refractivity contribution in [1.29, 1.82) is 0 Å². The highest BCUT2D eigenvalue weighted by atomic mass is 79.9. The van der Waals surface area contributed by atoms with Gasteiger partial charge in [-0.2, -0.15) is 0 Å². The van der Waals surface area contributed by atoms with E-state index >= 15 is 0 Å². The minimum absolute atomic E-state index is 0.785. The molecule has 1 N–H and O–H groups in total. The van der Waals surface area contributed by atoms with Crippen LogP contribution in [0.25, 0.3) is 6.08 Å². The maximum absolute atomic E-state index is 3.55. The van der Waals surface area contributed by atoms with E-state index in [1.807, 2.05) is 6.07 Å². The van der Waals surface area contributed by atoms with Crippen LogP contribution < -0.4 is 5.32 Å². The summed E-state index contributed by atoms with van der Waals surface area (Å²) in [6.45, 7) is 3.18. The second kappa shape index (κ2) is 4.95. The number of rotatable bonds is 4. The Hall–Kier alpha value is -0.600. The van der Waals surface area contributed by atoms with E-state index in [0.717, 1.165) is 17.1 Å². The molecule has 0 aliphatic heterocycles. The molecule has 1 aliphatic rings. The molecule has 1 nitrogen and oxygen atoms in total. The highest BCUT2D eigenvalue weighted by Crippen LogP contribution is 2.20. The molecule has 80 valence electrons. The van der Waals surface area contributed by atoms with Gasteiger partial charge in [0.2, 0.25) is 0 Å². The zero-order chi connectivity index (χ0) is 10.7. The van der Waals surface area contributed by atoms with E-state index in [-0.39, 0.29) is 0 Å². The summed E-state index contributed by atoms with van der Waals surface area (Å²) in [6, 6.07) is 9.10. The zero-order valence-electron chi connectivity index (χ0n) is 8.96. The normalized spacial score (nSPS) is 16.8. The summed E-state index contributed by atoms with van der Waals surface area (Å²) in [5.74, 6) is 0. The summed E-state index contributed by atoms with van der Waals surface area (Å²) in [5.41, 5.74) is 2.64. The lowest BCUT2D eigenvalue weighted by Gasteiger charge is -2.04. The van der Waals surface area contributed by atoms with E-state index < -0.39 is 0 Å². The lowest BCUT2D eigenvalue weighted by Crippen LogP contribution is -2.18. The Morgan fingerprint density at radius 3 is 2.87 bits per heavy atom. The molecule has 0 radical (unpaired) electrons. The molecule has 0 atom stereocenters. The lowest BCUT2D eigenvalue weighted by atomic mass is 10.1. The van der Waals surface area contributed by atoms with Crippen molar-refractivity contribution in [3.05, 3.63) is 39.9 Å². The summed E-state index contributed by atoms with van der Waals surface area (Å²) >= 11 is 3.55. The Balaban J connectivity index is 1.97. The first kappa shape index (κ1) is 10.9. The average molecular weight is 266 g/mol. The van der Waals surface area contributed by atoms with Gasteiger partial charge < -0.3 is 5.32 Å². The number of benzene rings is 1. The third-order valence-corrected chi connectivity index (χ3v) is 3.28. The average Bonchev–Trinajstić information content (AvgIpc) is 3.02. The number of halogens is 1. The third kappa shape index (κ3) is 3.47. The van der Waals surface area contributed by atoms with Crippen LogP contribution in [0, 0.1) is 0 Å². The van der Waals surface area contributed by atoms with Crippen LogP contribution in [-0.4, -0.2) is 12.6 Å². The molecule has 0 saturated heterocycles. The Kier molecular flexibility index (Phi) is 3.60. The predicted molar refractivity (Wildman–Crippen MR) is 68.8 cm³/mol. The van der Waals surface area contributed by atoms with E-state index in [2.05, 4.69) is 52.4 Å². The van der Waals surface area contributed by atoms with Gasteiger partial charge in [-0.15, -0.1) is 0 Å². The molecular formula is C13H16BrN. The topological polar surface area (TPSA) is 12.0 Å². The molecular weight excluding hydrogens is 250 g/mol. The fourth-order valence-corrected chi connectivity index (χ4v) is 1.90. The second-order valence-corrected chi connectivity index (χ2v) is 5.02. The van der Waals surface area contributed by atoms with Gasteiger partial charge in [-0.05, 0) is 31.4 Å². The van der Waals surface area contributed by atoms with E-state index in [0.29, 0.717) is 0 Å². The first-order valence-electron chi connectivity index (χ1n) is 5.41. The fraction of sp³-hybridized carbons (Fsp3) is 0.385. The SMILES string of the molecule is CC(=Cc1ccccc1Br)CNC1CC1. The van der Waals surface area contributed by atoms with Gasteiger partial charge >= 0.3 is 0 Å². The van der Waals surface area contributed by atoms with Gasteiger partial charge in [-0.25, -0.2) is 0 Å². The molecule has 1 aliphatic carbocycles. The Bertz CT molecular complexity index is 367. The molecule has 15 heavy (non-hydrogen) atoms. The quantitative estimate of drug-likeness (QED) is 0.877. The number of hydrogen-bond donors (Lipinski definition) is 1. The maximum Gasteiger partial charge on any atom is 0.0247 e. The van der Waals surface area contributed by atoms with Gasteiger partial charge in [0, 0.05) is 17.1 Å². The van der Waals surface area contributed by atoms with Gasteiger partial charge in [-0.1, -0.05) is 45.8 Å². The predicted octanol–water partition coefficient (Wildman–Crippen LogP) is 3.60. The third-order valence-electron chi connectivity index (χ3n) is 2.55. The van der Waals surface area contributed by atoms with Crippen molar-refractivity contribution < 1.29 is 0 Å². The standard InChI is InChI=1S/C13H16BrN/c1-10(9-15-12-6-7-12)8-11-4-2-3-5-13(11)14/h2-5,8,12,15H,6-7,9H2,1H3. The minimum atomic E-state index is 0.785. The number of nitrogens with one attached hydrogen (secondary N) is 1. The molecule has 0 heterocycles. The Labute approximate surface area is 99.7 Å². The highest BCUT2D eigenvalue weighted by molar-refractivity contribution is 9.10. The van der Waals surface area contributed by atoms with Gasteiger partial charge in [0.15, 0.2) is 0 Å². The maximum atomic E-state index is 3.55. The molecule has 0 unspecified atom stereocenters. The van der Waals surface area contributed by atoms with Gasteiger partial charge in [0.05, 0.1) is 0 Å². The molecule has 0 aromatic heterocycles. The van der Waals surface area contributed by atoms with Crippen molar-refractivity contribution in [2.75, 3.05) is 6.54 Å². The molecule has 0 bridgehead atoms. The summed E-state index contributed by atoms with van der Waals surface area (Å²) in [4.78, 5) is 0. The fourth-order valence-electron chi connectivity index (χ4n) is 1.50. The highest BCUT2D eigenvalue weighted by Gasteiger charge is 2.19. The van der Waals surface area contributed by atoms with Crippen LogP contribution in [0.4, 0.5) is 0 Å². The van der Waals surface area contributed by atoms with Crippen LogP contribution in [0.5, 0.6) is 0 Å². The molecule has 2 rings (SSSR count). The second-order valence-electron chi connectivity index (χ2n) is 4.17. The smallest absolute Gasteiger partial charge is 0.0247 e. The number of hydrogen-bond acceptors (Lipinski definition) is 1. The lowest BCUT2D eigenvalue weighted by molar-refractivity contribution is 0.736. The largest absolute Gasteiger partial charge is 0.310 e. The molecule has 1 fully saturated rings. The van der Waals surface area contributed by atoms with E-state index in [1.165, 1.54) is 24.0 Å². The van der Waals surface area contributed by atoms with Gasteiger partial charge in [0.1, 0.15) is 0 Å². The van der Waals surface area contributed by atoms with E-state index in [4.69, 9.17) is 0 Å². The van der Waals surface area contributed by atoms with Crippen LogP contribution in [0.2, 0.25) is 0 Å². The van der Waals surface area contributed by atoms with Gasteiger partial charge in [0.25, 0.3) is 0 Å². The van der Waals surface area contributed by atoms with Gasteiger partial charge in [-0.3, -0.25) is 0 Å². The van der Waals surface area contributed by atoms with E-state index in [1.54, 1.807) is 0 Å². The molecule has 0 spiro atoms. The first-order valence-corrected chi connectivity index (χ1v) is 6.20. The molecule has 1 aromatic carbocycles. The van der Waals surface area contributed by atoms with E-state index in [9.17, 15) is 0 Å². The van der Waals surface area contributed by atoms with Crippen molar-refractivity contribution >= 4 is 22.0 Å². The van der Waals surface area contributed by atoms with Crippen molar-refractivity contribution in [3.8, 4) is 0 Å². The summed E-state index contributed by atoms with van der Waals surface area (Å²) in [6.07, 6.45) is 4.93. The molecule has 1 aromatic rings. The summed E-state index contributed by atoms with van der Waals surface area (Å²) < 4.78 is 1.16. The first-order chi connectivity index (χ1) is 7.25. The summed E-state index contributed by atoms with van der Waals surface area (Å²) in [7, 11) is 0.